The molecule has 4 nitrogen and oxygen atoms in total. The van der Waals surface area contributed by atoms with Crippen molar-refractivity contribution >= 4 is 5.91 Å². The van der Waals surface area contributed by atoms with Crippen LogP contribution in [0.15, 0.2) is 48.5 Å². The Labute approximate surface area is 142 Å². The van der Waals surface area contributed by atoms with Gasteiger partial charge in [0.15, 0.2) is 11.5 Å². The number of ether oxygens (including phenoxy) is 2. The molecule has 4 heteroatoms. The van der Waals surface area contributed by atoms with Gasteiger partial charge in [-0.3, -0.25) is 4.79 Å². The first-order chi connectivity index (χ1) is 11.7. The van der Waals surface area contributed by atoms with Gasteiger partial charge in [0.1, 0.15) is 0 Å². The number of nitrogens with one attached hydrogen (secondary N) is 1. The van der Waals surface area contributed by atoms with Crippen molar-refractivity contribution in [2.24, 2.45) is 0 Å². The molecule has 1 amide bonds. The second-order valence-corrected chi connectivity index (χ2v) is 6.25. The van der Waals surface area contributed by atoms with Crippen LogP contribution in [0.5, 0.6) is 11.5 Å². The normalized spacial score (nSPS) is 15.2. The van der Waals surface area contributed by atoms with Gasteiger partial charge >= 0.3 is 0 Å². The number of hydrogen-bond acceptors (Lipinski definition) is 3. The van der Waals surface area contributed by atoms with E-state index in [1.807, 2.05) is 42.5 Å². The second-order valence-electron chi connectivity index (χ2n) is 6.25. The lowest BCUT2D eigenvalue weighted by atomic mass is 9.64. The topological polar surface area (TPSA) is 47.6 Å². The highest BCUT2D eigenvalue weighted by atomic mass is 16.5. The van der Waals surface area contributed by atoms with Gasteiger partial charge in [-0.15, -0.1) is 0 Å². The molecule has 3 rings (SSSR count). The maximum absolute atomic E-state index is 12.3. The summed E-state index contributed by atoms with van der Waals surface area (Å²) in [6.07, 6.45) is 3.31. The fourth-order valence-electron chi connectivity index (χ4n) is 3.28. The predicted octanol–water partition coefficient (Wildman–Crippen LogP) is 3.56. The molecule has 1 aliphatic carbocycles. The molecule has 0 aromatic heterocycles. The summed E-state index contributed by atoms with van der Waals surface area (Å²) in [5.41, 5.74) is 1.88. The van der Waals surface area contributed by atoms with Crippen LogP contribution < -0.4 is 14.8 Å². The zero-order valence-electron chi connectivity index (χ0n) is 14.2. The Bertz CT molecular complexity index is 708. The third kappa shape index (κ3) is 3.09. The van der Waals surface area contributed by atoms with E-state index in [4.69, 9.17) is 9.47 Å². The van der Waals surface area contributed by atoms with Crippen molar-refractivity contribution in [1.29, 1.82) is 0 Å². The molecule has 0 radical (unpaired) electrons. The van der Waals surface area contributed by atoms with E-state index in [0.29, 0.717) is 12.1 Å². The molecule has 2 aromatic carbocycles. The van der Waals surface area contributed by atoms with Crippen molar-refractivity contribution in [1.82, 2.24) is 5.32 Å². The molecule has 0 saturated heterocycles. The summed E-state index contributed by atoms with van der Waals surface area (Å²) in [6.45, 7) is 0.635. The number of methoxy groups -OCH3 is 2. The highest BCUT2D eigenvalue weighted by Crippen LogP contribution is 2.45. The monoisotopic (exact) mass is 325 g/mol. The first-order valence-electron chi connectivity index (χ1n) is 8.24. The molecular weight excluding hydrogens is 302 g/mol. The smallest absolute Gasteiger partial charge is 0.251 e. The predicted molar refractivity (Wildman–Crippen MR) is 93.9 cm³/mol. The number of rotatable bonds is 6. The zero-order valence-corrected chi connectivity index (χ0v) is 14.2. The fraction of sp³-hybridized carbons (Fsp3) is 0.350. The van der Waals surface area contributed by atoms with Crippen LogP contribution in [0, 0.1) is 0 Å². The minimum atomic E-state index is -0.0256. The first kappa shape index (κ1) is 16.4. The van der Waals surface area contributed by atoms with Crippen molar-refractivity contribution in [2.45, 2.75) is 24.7 Å². The van der Waals surface area contributed by atoms with Gasteiger partial charge in [0, 0.05) is 17.5 Å². The summed E-state index contributed by atoms with van der Waals surface area (Å²) in [7, 11) is 3.28. The number of hydrogen-bond donors (Lipinski definition) is 1. The minimum Gasteiger partial charge on any atom is -0.493 e. The van der Waals surface area contributed by atoms with Crippen LogP contribution >= 0.6 is 0 Å². The Balaban J connectivity index is 1.76. The Kier molecular flexibility index (Phi) is 4.74. The summed E-state index contributed by atoms with van der Waals surface area (Å²) in [4.78, 5) is 12.3. The van der Waals surface area contributed by atoms with Crippen molar-refractivity contribution < 1.29 is 14.3 Å². The Morgan fingerprint density at radius 3 is 2.33 bits per heavy atom. The highest BCUT2D eigenvalue weighted by molar-refractivity contribution is 5.94. The van der Waals surface area contributed by atoms with Gasteiger partial charge in [0.25, 0.3) is 5.91 Å². The van der Waals surface area contributed by atoms with E-state index in [9.17, 15) is 4.79 Å². The number of carbonyl (C=O) groups is 1. The van der Waals surface area contributed by atoms with Gasteiger partial charge in [-0.2, -0.15) is 0 Å². The molecule has 2 aromatic rings. The summed E-state index contributed by atoms with van der Waals surface area (Å²) in [6, 6.07) is 15.4. The maximum Gasteiger partial charge on any atom is 0.251 e. The van der Waals surface area contributed by atoms with Gasteiger partial charge in [0.2, 0.25) is 0 Å². The van der Waals surface area contributed by atoms with Crippen molar-refractivity contribution in [3.05, 3.63) is 59.7 Å². The van der Waals surface area contributed by atoms with E-state index < -0.39 is 0 Å². The summed E-state index contributed by atoms with van der Waals surface area (Å²) >= 11 is 0. The molecule has 1 saturated carbocycles. The maximum atomic E-state index is 12.3. The van der Waals surface area contributed by atoms with Crippen LogP contribution in [0.3, 0.4) is 0 Å². The summed E-state index contributed by atoms with van der Waals surface area (Å²) < 4.78 is 10.7. The van der Waals surface area contributed by atoms with Gasteiger partial charge in [-0.05, 0) is 42.7 Å². The highest BCUT2D eigenvalue weighted by Gasteiger charge is 2.39. The van der Waals surface area contributed by atoms with E-state index in [-0.39, 0.29) is 11.3 Å². The van der Waals surface area contributed by atoms with Crippen LogP contribution in [0.1, 0.15) is 35.2 Å². The van der Waals surface area contributed by atoms with Crippen LogP contribution in [0.2, 0.25) is 0 Å². The standard InChI is InChI=1S/C20H23NO3/c1-23-17-10-9-16(13-18(17)24-2)20(11-6-12-20)14-21-19(22)15-7-4-3-5-8-15/h3-5,7-10,13H,6,11-12,14H2,1-2H3,(H,21,22). The van der Waals surface area contributed by atoms with Crippen LogP contribution in [0.25, 0.3) is 0 Å². The average Bonchev–Trinajstić information content (AvgIpc) is 2.61. The number of amides is 1. The summed E-state index contributed by atoms with van der Waals surface area (Å²) in [5.74, 6) is 1.43. The molecule has 0 atom stereocenters. The first-order valence-corrected chi connectivity index (χ1v) is 8.24. The molecule has 24 heavy (non-hydrogen) atoms. The van der Waals surface area contributed by atoms with E-state index in [2.05, 4.69) is 11.4 Å². The Morgan fingerprint density at radius 2 is 1.75 bits per heavy atom. The van der Waals surface area contributed by atoms with Gasteiger partial charge < -0.3 is 14.8 Å². The van der Waals surface area contributed by atoms with E-state index in [0.717, 1.165) is 24.3 Å². The van der Waals surface area contributed by atoms with Crippen molar-refractivity contribution in [2.75, 3.05) is 20.8 Å². The van der Waals surface area contributed by atoms with Gasteiger partial charge in [-0.1, -0.05) is 30.7 Å². The van der Waals surface area contributed by atoms with Crippen LogP contribution in [-0.4, -0.2) is 26.7 Å². The molecule has 126 valence electrons. The summed E-state index contributed by atoms with van der Waals surface area (Å²) in [5, 5.41) is 3.10. The Morgan fingerprint density at radius 1 is 1.04 bits per heavy atom. The van der Waals surface area contributed by atoms with Gasteiger partial charge in [0.05, 0.1) is 14.2 Å². The SMILES string of the molecule is COc1ccc(C2(CNC(=O)c3ccccc3)CCC2)cc1OC. The lowest BCUT2D eigenvalue weighted by molar-refractivity contribution is 0.0928. The zero-order chi connectivity index (χ0) is 17.0. The third-order valence-corrected chi connectivity index (χ3v) is 4.93. The molecule has 0 spiro atoms. The van der Waals surface area contributed by atoms with E-state index >= 15 is 0 Å². The second kappa shape index (κ2) is 6.95. The molecule has 1 fully saturated rings. The Hall–Kier alpha value is -2.49. The van der Waals surface area contributed by atoms with Gasteiger partial charge in [-0.25, -0.2) is 0 Å². The van der Waals surface area contributed by atoms with Crippen LogP contribution in [-0.2, 0) is 5.41 Å². The minimum absolute atomic E-state index is 0.00993. The quantitative estimate of drug-likeness (QED) is 0.883. The average molecular weight is 325 g/mol. The van der Waals surface area contributed by atoms with Crippen molar-refractivity contribution in [3.8, 4) is 11.5 Å². The molecule has 0 bridgehead atoms. The third-order valence-electron chi connectivity index (χ3n) is 4.93. The lowest BCUT2D eigenvalue weighted by Gasteiger charge is -2.42. The van der Waals surface area contributed by atoms with Crippen LogP contribution in [0.4, 0.5) is 0 Å². The number of carbonyl (C=O) groups excluding carboxylic acids is 1. The molecule has 1 aliphatic rings. The largest absolute Gasteiger partial charge is 0.493 e. The molecule has 0 heterocycles. The van der Waals surface area contributed by atoms with E-state index in [1.165, 1.54) is 12.0 Å². The fourth-order valence-corrected chi connectivity index (χ4v) is 3.28. The van der Waals surface area contributed by atoms with Crippen molar-refractivity contribution in [3.63, 3.8) is 0 Å². The molecule has 0 aliphatic heterocycles. The number of benzene rings is 2. The lowest BCUT2D eigenvalue weighted by Crippen LogP contribution is -2.45. The van der Waals surface area contributed by atoms with E-state index in [1.54, 1.807) is 14.2 Å². The molecular formula is C20H23NO3. The molecule has 0 unspecified atom stereocenters. The molecule has 1 N–H and O–H groups in total.